The Bertz CT molecular complexity index is 413. The second-order valence-corrected chi connectivity index (χ2v) is 5.30. The predicted octanol–water partition coefficient (Wildman–Crippen LogP) is 1.49. The Morgan fingerprint density at radius 3 is 2.35 bits per heavy atom. The van der Waals surface area contributed by atoms with Crippen molar-refractivity contribution in [2.24, 2.45) is 5.41 Å². The average Bonchev–Trinajstić information content (AvgIpc) is 2.88. The maximum absolute atomic E-state index is 11.5. The molecular weight excluding hydrogens is 220 g/mol. The van der Waals surface area contributed by atoms with Gasteiger partial charge in [0.15, 0.2) is 0 Å². The highest BCUT2D eigenvalue weighted by Gasteiger charge is 2.54. The Labute approximate surface area is 99.3 Å². The third kappa shape index (κ3) is 1.79. The molecule has 5 nitrogen and oxygen atoms in total. The summed E-state index contributed by atoms with van der Waals surface area (Å²) >= 11 is 0. The zero-order chi connectivity index (χ0) is 11.9. The van der Waals surface area contributed by atoms with Crippen LogP contribution < -0.4 is 4.84 Å². The number of carboxylic acids is 1. The highest BCUT2D eigenvalue weighted by Crippen LogP contribution is 2.58. The van der Waals surface area contributed by atoms with Crippen LogP contribution in [0.5, 0.6) is 0 Å². The van der Waals surface area contributed by atoms with E-state index in [-0.39, 0.29) is 0 Å². The van der Waals surface area contributed by atoms with Gasteiger partial charge in [-0.15, -0.1) is 9.94 Å². The number of carboxylic acid groups (broad SMARTS) is 1. The number of hydrogen-bond donors (Lipinski definition) is 1. The third-order valence-corrected chi connectivity index (χ3v) is 4.21. The van der Waals surface area contributed by atoms with Crippen LogP contribution in [0, 0.1) is 5.41 Å². The van der Waals surface area contributed by atoms with Gasteiger partial charge < -0.3 is 9.94 Å². The molecule has 1 aromatic heterocycles. The number of rotatable bonds is 3. The highest BCUT2D eigenvalue weighted by molar-refractivity contribution is 5.77. The van der Waals surface area contributed by atoms with Gasteiger partial charge in [-0.05, 0) is 37.2 Å². The van der Waals surface area contributed by atoms with Crippen LogP contribution >= 0.6 is 0 Å². The normalized spacial score (nSPS) is 24.5. The first-order chi connectivity index (χ1) is 8.14. The first kappa shape index (κ1) is 10.6. The van der Waals surface area contributed by atoms with Crippen LogP contribution in [0.25, 0.3) is 0 Å². The van der Waals surface area contributed by atoms with Gasteiger partial charge in [-0.3, -0.25) is 0 Å². The summed E-state index contributed by atoms with van der Waals surface area (Å²) in [5, 5.41) is 13.3. The second-order valence-electron chi connectivity index (χ2n) is 5.30. The molecule has 0 amide bonds. The SMILES string of the molecule is O=C(O)C1(On2cccn2)CCC2(CC2)CC1. The van der Waals surface area contributed by atoms with E-state index in [0.29, 0.717) is 18.3 Å². The number of hydrogen-bond acceptors (Lipinski definition) is 3. The lowest BCUT2D eigenvalue weighted by atomic mass is 9.77. The lowest BCUT2D eigenvalue weighted by molar-refractivity contribution is -0.176. The molecule has 0 aromatic carbocycles. The van der Waals surface area contributed by atoms with Crippen LogP contribution in [0.1, 0.15) is 38.5 Å². The van der Waals surface area contributed by atoms with Gasteiger partial charge in [0.2, 0.25) is 5.60 Å². The van der Waals surface area contributed by atoms with E-state index in [1.807, 2.05) is 0 Å². The standard InChI is InChI=1S/C12H16N2O3/c15-10(16)12(17-14-9-1-8-13-14)6-4-11(2-3-11)5-7-12/h1,8-9H,2-7H2,(H,15,16). The third-order valence-electron chi connectivity index (χ3n) is 4.21. The van der Waals surface area contributed by atoms with Gasteiger partial charge >= 0.3 is 5.97 Å². The predicted molar refractivity (Wildman–Crippen MR) is 59.3 cm³/mol. The second kappa shape index (κ2) is 3.48. The number of carbonyl (C=O) groups is 1. The molecule has 1 N–H and O–H groups in total. The summed E-state index contributed by atoms with van der Waals surface area (Å²) in [5.74, 6) is -0.872. The number of aromatic nitrogens is 2. The van der Waals surface area contributed by atoms with Gasteiger partial charge in [0, 0.05) is 12.8 Å². The molecule has 0 bridgehead atoms. The first-order valence-corrected chi connectivity index (χ1v) is 6.07. The fourth-order valence-corrected chi connectivity index (χ4v) is 2.69. The minimum atomic E-state index is -1.08. The van der Waals surface area contributed by atoms with Crippen molar-refractivity contribution < 1.29 is 14.7 Å². The molecular formula is C12H16N2O3. The Balaban J connectivity index is 1.77. The van der Waals surface area contributed by atoms with Gasteiger partial charge in [0.25, 0.3) is 0 Å². The lowest BCUT2D eigenvalue weighted by Crippen LogP contribution is -2.51. The van der Waals surface area contributed by atoms with E-state index in [0.717, 1.165) is 12.8 Å². The average molecular weight is 236 g/mol. The first-order valence-electron chi connectivity index (χ1n) is 6.07. The van der Waals surface area contributed by atoms with E-state index in [2.05, 4.69) is 5.10 Å². The van der Waals surface area contributed by atoms with Crippen LogP contribution in [-0.4, -0.2) is 26.6 Å². The molecule has 1 spiro atoms. The van der Waals surface area contributed by atoms with Crippen LogP contribution in [0.4, 0.5) is 0 Å². The van der Waals surface area contributed by atoms with Gasteiger partial charge in [0.1, 0.15) is 0 Å². The van der Waals surface area contributed by atoms with Crippen molar-refractivity contribution in [3.8, 4) is 0 Å². The van der Waals surface area contributed by atoms with Gasteiger partial charge in [-0.2, -0.15) is 0 Å². The molecule has 1 aromatic rings. The smallest absolute Gasteiger partial charge is 0.350 e. The molecule has 0 radical (unpaired) electrons. The van der Waals surface area contributed by atoms with Crippen molar-refractivity contribution >= 4 is 5.97 Å². The quantitative estimate of drug-likeness (QED) is 0.863. The minimum Gasteiger partial charge on any atom is -0.478 e. The summed E-state index contributed by atoms with van der Waals surface area (Å²) in [7, 11) is 0. The summed E-state index contributed by atoms with van der Waals surface area (Å²) in [6, 6.07) is 1.72. The van der Waals surface area contributed by atoms with Crippen molar-refractivity contribution in [3.63, 3.8) is 0 Å². The molecule has 92 valence electrons. The molecule has 2 aliphatic rings. The summed E-state index contributed by atoms with van der Waals surface area (Å²) in [4.78, 5) is 18.3. The number of aliphatic carboxylic acids is 1. The van der Waals surface area contributed by atoms with E-state index in [1.54, 1.807) is 18.5 Å². The summed E-state index contributed by atoms with van der Waals surface area (Å²) in [6.45, 7) is 0. The van der Waals surface area contributed by atoms with E-state index >= 15 is 0 Å². The summed E-state index contributed by atoms with van der Waals surface area (Å²) < 4.78 is 0. The zero-order valence-electron chi connectivity index (χ0n) is 9.63. The fourth-order valence-electron chi connectivity index (χ4n) is 2.69. The molecule has 0 unspecified atom stereocenters. The lowest BCUT2D eigenvalue weighted by Gasteiger charge is -2.36. The van der Waals surface area contributed by atoms with Crippen LogP contribution in [-0.2, 0) is 4.79 Å². The molecule has 5 heteroatoms. The largest absolute Gasteiger partial charge is 0.478 e. The maximum Gasteiger partial charge on any atom is 0.350 e. The highest BCUT2D eigenvalue weighted by atomic mass is 16.7. The molecule has 1 heterocycles. The monoisotopic (exact) mass is 236 g/mol. The Kier molecular flexibility index (Phi) is 2.18. The molecule has 0 atom stereocenters. The molecule has 2 aliphatic carbocycles. The zero-order valence-corrected chi connectivity index (χ0v) is 9.63. The topological polar surface area (TPSA) is 64.3 Å². The molecule has 2 saturated carbocycles. The molecule has 17 heavy (non-hydrogen) atoms. The molecule has 3 rings (SSSR count). The number of nitrogens with zero attached hydrogens (tertiary/aromatic N) is 2. The van der Waals surface area contributed by atoms with E-state index in [9.17, 15) is 9.90 Å². The van der Waals surface area contributed by atoms with Gasteiger partial charge in [-0.1, -0.05) is 0 Å². The Morgan fingerprint density at radius 1 is 1.24 bits per heavy atom. The Hall–Kier alpha value is -1.52. The van der Waals surface area contributed by atoms with E-state index in [4.69, 9.17) is 4.84 Å². The Morgan fingerprint density at radius 2 is 1.88 bits per heavy atom. The van der Waals surface area contributed by atoms with Crippen molar-refractivity contribution in [1.82, 2.24) is 9.94 Å². The fraction of sp³-hybridized carbons (Fsp3) is 0.667. The molecule has 0 aliphatic heterocycles. The van der Waals surface area contributed by atoms with Gasteiger partial charge in [0.05, 0.1) is 12.4 Å². The van der Waals surface area contributed by atoms with Crippen molar-refractivity contribution in [1.29, 1.82) is 0 Å². The maximum atomic E-state index is 11.5. The summed E-state index contributed by atoms with van der Waals surface area (Å²) in [5.41, 5.74) is -0.633. The molecule has 0 saturated heterocycles. The summed E-state index contributed by atoms with van der Waals surface area (Å²) in [6.07, 6.45) is 8.81. The molecule has 2 fully saturated rings. The minimum absolute atomic E-state index is 0.451. The van der Waals surface area contributed by atoms with Crippen LogP contribution in [0.15, 0.2) is 18.5 Å². The van der Waals surface area contributed by atoms with E-state index < -0.39 is 11.6 Å². The van der Waals surface area contributed by atoms with Crippen molar-refractivity contribution in [3.05, 3.63) is 18.5 Å². The van der Waals surface area contributed by atoms with Crippen molar-refractivity contribution in [2.75, 3.05) is 0 Å². The van der Waals surface area contributed by atoms with E-state index in [1.165, 1.54) is 17.7 Å². The van der Waals surface area contributed by atoms with Gasteiger partial charge in [-0.25, -0.2) is 4.79 Å². The van der Waals surface area contributed by atoms with Crippen LogP contribution in [0.2, 0.25) is 0 Å². The van der Waals surface area contributed by atoms with Crippen molar-refractivity contribution in [2.45, 2.75) is 44.1 Å². The van der Waals surface area contributed by atoms with Crippen LogP contribution in [0.3, 0.4) is 0 Å².